The van der Waals surface area contributed by atoms with Gasteiger partial charge in [-0.05, 0) is 67.4 Å². The second-order valence-corrected chi connectivity index (χ2v) is 7.95. The molecular formula is C21H29N. The van der Waals surface area contributed by atoms with Crippen LogP contribution in [-0.2, 0) is 0 Å². The lowest BCUT2D eigenvalue weighted by Crippen LogP contribution is -2.40. The van der Waals surface area contributed by atoms with Crippen LogP contribution in [0.25, 0.3) is 0 Å². The fourth-order valence-corrected chi connectivity index (χ4v) is 5.78. The Morgan fingerprint density at radius 3 is 3.05 bits per heavy atom. The number of nitrogens with two attached hydrogens (primary N) is 1. The number of rotatable bonds is 3. The highest BCUT2D eigenvalue weighted by Gasteiger charge is 2.47. The molecule has 5 atom stereocenters. The lowest BCUT2D eigenvalue weighted by atomic mass is 9.55. The number of hydrogen-bond acceptors (Lipinski definition) is 1. The Morgan fingerprint density at radius 2 is 2.18 bits per heavy atom. The third-order valence-corrected chi connectivity index (χ3v) is 6.85. The number of hydrogen-bond donors (Lipinski definition) is 1. The molecule has 2 saturated carbocycles. The molecule has 0 aromatic heterocycles. The van der Waals surface area contributed by atoms with E-state index >= 15 is 0 Å². The van der Waals surface area contributed by atoms with Crippen LogP contribution in [-0.4, -0.2) is 6.04 Å². The van der Waals surface area contributed by atoms with Gasteiger partial charge in [0, 0.05) is 11.5 Å². The van der Waals surface area contributed by atoms with E-state index in [0.29, 0.717) is 0 Å². The lowest BCUT2D eigenvalue weighted by Gasteiger charge is -2.49. The van der Waals surface area contributed by atoms with Gasteiger partial charge in [0.1, 0.15) is 0 Å². The maximum absolute atomic E-state index is 6.23. The van der Waals surface area contributed by atoms with Crippen LogP contribution in [0.5, 0.6) is 0 Å². The van der Waals surface area contributed by atoms with Gasteiger partial charge in [-0.3, -0.25) is 0 Å². The smallest absolute Gasteiger partial charge is 0.0232 e. The van der Waals surface area contributed by atoms with Gasteiger partial charge < -0.3 is 5.73 Å². The third kappa shape index (κ3) is 2.17. The predicted molar refractivity (Wildman–Crippen MR) is 93.3 cm³/mol. The molecule has 0 heterocycles. The number of fused-ring (bicyclic) bond motifs is 5. The van der Waals surface area contributed by atoms with E-state index in [1.54, 1.807) is 11.1 Å². The molecule has 0 bridgehead atoms. The summed E-state index contributed by atoms with van der Waals surface area (Å²) in [6, 6.07) is 0.106. The topological polar surface area (TPSA) is 26.0 Å². The van der Waals surface area contributed by atoms with Crippen LogP contribution in [0.2, 0.25) is 0 Å². The third-order valence-electron chi connectivity index (χ3n) is 6.85. The van der Waals surface area contributed by atoms with Crippen molar-refractivity contribution in [3.63, 3.8) is 0 Å². The maximum atomic E-state index is 6.23. The van der Waals surface area contributed by atoms with Gasteiger partial charge in [0.15, 0.2) is 0 Å². The Bertz CT molecular complexity index is 552. The Morgan fingerprint density at radius 1 is 1.32 bits per heavy atom. The van der Waals surface area contributed by atoms with Crippen LogP contribution in [0.15, 0.2) is 48.1 Å². The van der Waals surface area contributed by atoms with E-state index < -0.39 is 0 Å². The van der Waals surface area contributed by atoms with Crippen LogP contribution >= 0.6 is 0 Å². The minimum absolute atomic E-state index is 0.106. The molecule has 22 heavy (non-hydrogen) atoms. The van der Waals surface area contributed by atoms with Crippen LogP contribution in [0.4, 0.5) is 0 Å². The quantitative estimate of drug-likeness (QED) is 0.735. The van der Waals surface area contributed by atoms with Crippen LogP contribution in [0, 0.1) is 23.2 Å². The molecule has 0 spiro atoms. The molecule has 4 aliphatic carbocycles. The SMILES string of the molecule is C=CC(N)C[C@@]12C=CC=C1C1=CCC3CCCC[C@@H]3[C@H]1CC2. The Labute approximate surface area is 135 Å². The zero-order valence-corrected chi connectivity index (χ0v) is 13.6. The Kier molecular flexibility index (Phi) is 3.64. The molecule has 0 saturated heterocycles. The largest absolute Gasteiger partial charge is 0.324 e. The molecule has 0 aromatic carbocycles. The summed E-state index contributed by atoms with van der Waals surface area (Å²) in [5.74, 6) is 2.76. The molecular weight excluding hydrogens is 266 g/mol. The molecule has 0 aromatic rings. The van der Waals surface area contributed by atoms with Crippen molar-refractivity contribution in [2.45, 2.75) is 57.4 Å². The highest BCUT2D eigenvalue weighted by Crippen LogP contribution is 2.58. The predicted octanol–water partition coefficient (Wildman–Crippen LogP) is 4.92. The molecule has 1 heteroatoms. The first-order chi connectivity index (χ1) is 10.7. The van der Waals surface area contributed by atoms with E-state index in [9.17, 15) is 0 Å². The summed E-state index contributed by atoms with van der Waals surface area (Å²) in [5, 5.41) is 0. The standard InChI is InChI=1S/C21H29N/c1-2-16(22)14-21-12-5-8-20(21)19-10-9-15-6-3-4-7-17(15)18(19)11-13-21/h2,5,8,10,12,15-18H,1,3-4,6-7,9,11,13-14,22H2/t15?,16?,17-,18+,21-/m0/s1. The summed E-state index contributed by atoms with van der Waals surface area (Å²) in [5.41, 5.74) is 9.73. The van der Waals surface area contributed by atoms with Gasteiger partial charge in [-0.15, -0.1) is 6.58 Å². The van der Waals surface area contributed by atoms with Crippen molar-refractivity contribution in [2.24, 2.45) is 28.9 Å². The lowest BCUT2D eigenvalue weighted by molar-refractivity contribution is 0.138. The molecule has 2 N–H and O–H groups in total. The second kappa shape index (κ2) is 5.53. The fraction of sp³-hybridized carbons (Fsp3) is 0.619. The van der Waals surface area contributed by atoms with E-state index in [1.165, 1.54) is 44.9 Å². The molecule has 1 nitrogen and oxygen atoms in total. The van der Waals surface area contributed by atoms with E-state index in [1.807, 2.05) is 6.08 Å². The van der Waals surface area contributed by atoms with Crippen LogP contribution in [0.3, 0.4) is 0 Å². The fourth-order valence-electron chi connectivity index (χ4n) is 5.78. The molecule has 2 fully saturated rings. The molecule has 2 unspecified atom stereocenters. The van der Waals surface area contributed by atoms with Gasteiger partial charge in [0.2, 0.25) is 0 Å². The van der Waals surface area contributed by atoms with E-state index in [2.05, 4.69) is 30.9 Å². The highest BCUT2D eigenvalue weighted by atomic mass is 14.6. The Balaban J connectivity index is 1.64. The van der Waals surface area contributed by atoms with Crippen molar-refractivity contribution in [3.05, 3.63) is 48.1 Å². The van der Waals surface area contributed by atoms with Gasteiger partial charge in [-0.2, -0.15) is 0 Å². The monoisotopic (exact) mass is 295 g/mol. The van der Waals surface area contributed by atoms with Gasteiger partial charge in [-0.25, -0.2) is 0 Å². The van der Waals surface area contributed by atoms with Crippen molar-refractivity contribution < 1.29 is 0 Å². The average molecular weight is 295 g/mol. The summed E-state index contributed by atoms with van der Waals surface area (Å²) >= 11 is 0. The summed E-state index contributed by atoms with van der Waals surface area (Å²) in [6.07, 6.45) is 22.4. The first kappa shape index (κ1) is 14.5. The van der Waals surface area contributed by atoms with E-state index in [0.717, 1.165) is 24.2 Å². The second-order valence-electron chi connectivity index (χ2n) is 7.95. The number of allylic oxidation sites excluding steroid dienone is 6. The van der Waals surface area contributed by atoms with E-state index in [4.69, 9.17) is 5.73 Å². The molecule has 4 rings (SSSR count). The van der Waals surface area contributed by atoms with E-state index in [-0.39, 0.29) is 11.5 Å². The summed E-state index contributed by atoms with van der Waals surface area (Å²) < 4.78 is 0. The van der Waals surface area contributed by atoms with Crippen LogP contribution in [0.1, 0.15) is 51.4 Å². The highest BCUT2D eigenvalue weighted by molar-refractivity contribution is 5.51. The maximum Gasteiger partial charge on any atom is 0.0232 e. The van der Waals surface area contributed by atoms with Crippen molar-refractivity contribution in [3.8, 4) is 0 Å². The molecule has 4 aliphatic rings. The van der Waals surface area contributed by atoms with Crippen molar-refractivity contribution in [1.29, 1.82) is 0 Å². The van der Waals surface area contributed by atoms with Crippen molar-refractivity contribution in [1.82, 2.24) is 0 Å². The minimum Gasteiger partial charge on any atom is -0.324 e. The molecule has 0 aliphatic heterocycles. The first-order valence-corrected chi connectivity index (χ1v) is 9.22. The van der Waals surface area contributed by atoms with Gasteiger partial charge in [0.05, 0.1) is 0 Å². The van der Waals surface area contributed by atoms with Gasteiger partial charge in [0.25, 0.3) is 0 Å². The molecule has 118 valence electrons. The normalized spacial score (nSPS) is 40.9. The summed E-state index contributed by atoms with van der Waals surface area (Å²) in [4.78, 5) is 0. The average Bonchev–Trinajstić information content (AvgIpc) is 2.98. The summed E-state index contributed by atoms with van der Waals surface area (Å²) in [6.45, 7) is 3.89. The zero-order chi connectivity index (χ0) is 15.2. The molecule has 0 radical (unpaired) electrons. The van der Waals surface area contributed by atoms with Gasteiger partial charge >= 0.3 is 0 Å². The Hall–Kier alpha value is -1.08. The van der Waals surface area contributed by atoms with Crippen molar-refractivity contribution in [2.75, 3.05) is 0 Å². The summed E-state index contributed by atoms with van der Waals surface area (Å²) in [7, 11) is 0. The van der Waals surface area contributed by atoms with Crippen LogP contribution < -0.4 is 5.73 Å². The first-order valence-electron chi connectivity index (χ1n) is 9.22. The zero-order valence-electron chi connectivity index (χ0n) is 13.6. The van der Waals surface area contributed by atoms with Gasteiger partial charge in [-0.1, -0.05) is 43.2 Å². The minimum atomic E-state index is 0.106. The molecule has 0 amide bonds. The van der Waals surface area contributed by atoms with Crippen molar-refractivity contribution >= 4 is 0 Å².